The molecule has 15 heavy (non-hydrogen) atoms. The third-order valence-corrected chi connectivity index (χ3v) is 2.00. The summed E-state index contributed by atoms with van der Waals surface area (Å²) in [6.07, 6.45) is 3.87. The molecule has 72 valence electrons. The van der Waals surface area contributed by atoms with E-state index in [1.165, 1.54) is 6.20 Å². The van der Waals surface area contributed by atoms with Gasteiger partial charge >= 0.3 is 0 Å². The number of nitriles is 1. The zero-order chi connectivity index (χ0) is 10.7. The van der Waals surface area contributed by atoms with Crippen LogP contribution in [0.4, 0.5) is 0 Å². The molecule has 2 aromatic rings. The molecule has 4 nitrogen and oxygen atoms in total. The summed E-state index contributed by atoms with van der Waals surface area (Å²) < 4.78 is 1.59. The minimum Gasteiger partial charge on any atom is -0.298 e. The highest BCUT2D eigenvalue weighted by Gasteiger charge is 1.99. The van der Waals surface area contributed by atoms with Gasteiger partial charge in [0.15, 0.2) is 6.29 Å². The summed E-state index contributed by atoms with van der Waals surface area (Å²) in [5.74, 6) is 0. The first-order valence-corrected chi connectivity index (χ1v) is 4.34. The summed E-state index contributed by atoms with van der Waals surface area (Å²) in [6, 6.07) is 9.00. The number of hydrogen-bond donors (Lipinski definition) is 0. The lowest BCUT2D eigenvalue weighted by Crippen LogP contribution is -1.93. The smallest absolute Gasteiger partial charge is 0.153 e. The van der Waals surface area contributed by atoms with E-state index in [4.69, 9.17) is 5.26 Å². The lowest BCUT2D eigenvalue weighted by molar-refractivity contribution is 0.112. The van der Waals surface area contributed by atoms with E-state index in [1.807, 2.05) is 6.07 Å². The maximum absolute atomic E-state index is 10.5. The Labute approximate surface area is 86.4 Å². The van der Waals surface area contributed by atoms with Gasteiger partial charge in [-0.3, -0.25) is 4.79 Å². The fraction of sp³-hybridized carbons (Fsp3) is 0. The normalized spacial score (nSPS) is 9.53. The van der Waals surface area contributed by atoms with Gasteiger partial charge in [-0.05, 0) is 24.3 Å². The van der Waals surface area contributed by atoms with E-state index >= 15 is 0 Å². The van der Waals surface area contributed by atoms with Crippen LogP contribution in [0.25, 0.3) is 5.69 Å². The number of aldehydes is 1. The number of carbonyl (C=O) groups is 1. The number of hydrogen-bond acceptors (Lipinski definition) is 3. The third-order valence-electron chi connectivity index (χ3n) is 2.00. The molecule has 1 aromatic carbocycles. The van der Waals surface area contributed by atoms with E-state index in [1.54, 1.807) is 35.1 Å². The fourth-order valence-corrected chi connectivity index (χ4v) is 1.23. The van der Waals surface area contributed by atoms with E-state index in [-0.39, 0.29) is 0 Å². The van der Waals surface area contributed by atoms with Crippen molar-refractivity contribution in [3.05, 3.63) is 47.8 Å². The van der Waals surface area contributed by atoms with Crippen LogP contribution in [0.2, 0.25) is 0 Å². The van der Waals surface area contributed by atoms with E-state index in [0.29, 0.717) is 11.1 Å². The van der Waals surface area contributed by atoms with Gasteiger partial charge in [-0.1, -0.05) is 0 Å². The fourth-order valence-electron chi connectivity index (χ4n) is 1.23. The van der Waals surface area contributed by atoms with E-state index < -0.39 is 0 Å². The van der Waals surface area contributed by atoms with Gasteiger partial charge in [0.25, 0.3) is 0 Å². The maximum atomic E-state index is 10.5. The van der Waals surface area contributed by atoms with Crippen molar-refractivity contribution in [3.63, 3.8) is 0 Å². The van der Waals surface area contributed by atoms with E-state index in [2.05, 4.69) is 5.10 Å². The summed E-state index contributed by atoms with van der Waals surface area (Å²) in [5.41, 5.74) is 1.95. The lowest BCUT2D eigenvalue weighted by atomic mass is 10.2. The van der Waals surface area contributed by atoms with Crippen molar-refractivity contribution in [2.24, 2.45) is 0 Å². The second-order valence-electron chi connectivity index (χ2n) is 2.99. The van der Waals surface area contributed by atoms with Gasteiger partial charge in [0.2, 0.25) is 0 Å². The average molecular weight is 197 g/mol. The molecule has 0 saturated heterocycles. The zero-order valence-corrected chi connectivity index (χ0v) is 7.79. The van der Waals surface area contributed by atoms with Gasteiger partial charge in [0, 0.05) is 6.20 Å². The molecular formula is C11H7N3O. The van der Waals surface area contributed by atoms with E-state index in [9.17, 15) is 4.79 Å². The molecule has 0 aliphatic rings. The summed E-state index contributed by atoms with van der Waals surface area (Å²) in [7, 11) is 0. The topological polar surface area (TPSA) is 58.7 Å². The minimum atomic E-state index is 0.527. The molecule has 4 heteroatoms. The molecule has 0 saturated carbocycles. The van der Waals surface area contributed by atoms with Crippen LogP contribution in [0.5, 0.6) is 0 Å². The molecule has 2 rings (SSSR count). The summed E-state index contributed by atoms with van der Waals surface area (Å²) in [4.78, 5) is 10.5. The largest absolute Gasteiger partial charge is 0.298 e. The van der Waals surface area contributed by atoms with Crippen molar-refractivity contribution >= 4 is 6.29 Å². The van der Waals surface area contributed by atoms with Crippen LogP contribution in [0.15, 0.2) is 36.7 Å². The number of benzene rings is 1. The summed E-state index contributed by atoms with van der Waals surface area (Å²) in [5, 5.41) is 12.6. The monoisotopic (exact) mass is 197 g/mol. The minimum absolute atomic E-state index is 0.527. The van der Waals surface area contributed by atoms with Crippen LogP contribution >= 0.6 is 0 Å². The van der Waals surface area contributed by atoms with Gasteiger partial charge in [0.05, 0.1) is 29.1 Å². The maximum Gasteiger partial charge on any atom is 0.153 e. The van der Waals surface area contributed by atoms with Crippen molar-refractivity contribution in [1.29, 1.82) is 5.26 Å². The van der Waals surface area contributed by atoms with Gasteiger partial charge in [-0.15, -0.1) is 0 Å². The van der Waals surface area contributed by atoms with Crippen LogP contribution in [-0.4, -0.2) is 16.1 Å². The first-order valence-electron chi connectivity index (χ1n) is 4.34. The van der Waals surface area contributed by atoms with Crippen LogP contribution in [0, 0.1) is 11.3 Å². The lowest BCUT2D eigenvalue weighted by Gasteiger charge is -1.99. The zero-order valence-electron chi connectivity index (χ0n) is 7.79. The number of carbonyl (C=O) groups excluding carboxylic acids is 1. The van der Waals surface area contributed by atoms with E-state index in [0.717, 1.165) is 12.0 Å². The van der Waals surface area contributed by atoms with Gasteiger partial charge < -0.3 is 0 Å². The first kappa shape index (κ1) is 9.16. The Kier molecular flexibility index (Phi) is 2.30. The standard InChI is InChI=1S/C11H7N3O/c12-5-9-1-3-11(4-2-9)14-7-10(8-15)6-13-14/h1-4,6-8H. The highest BCUT2D eigenvalue weighted by molar-refractivity contribution is 5.73. The van der Waals surface area contributed by atoms with Crippen molar-refractivity contribution < 1.29 is 4.79 Å². The Morgan fingerprint density at radius 1 is 1.33 bits per heavy atom. The van der Waals surface area contributed by atoms with Crippen LogP contribution in [-0.2, 0) is 0 Å². The predicted molar refractivity (Wildman–Crippen MR) is 53.7 cm³/mol. The van der Waals surface area contributed by atoms with Crippen molar-refractivity contribution in [3.8, 4) is 11.8 Å². The third kappa shape index (κ3) is 1.76. The Morgan fingerprint density at radius 3 is 2.60 bits per heavy atom. The second-order valence-corrected chi connectivity index (χ2v) is 2.99. The molecular weight excluding hydrogens is 190 g/mol. The molecule has 0 radical (unpaired) electrons. The van der Waals surface area contributed by atoms with Crippen molar-refractivity contribution in [1.82, 2.24) is 9.78 Å². The molecule has 1 aromatic heterocycles. The molecule has 0 bridgehead atoms. The number of rotatable bonds is 2. The predicted octanol–water partition coefficient (Wildman–Crippen LogP) is 1.56. The van der Waals surface area contributed by atoms with Crippen molar-refractivity contribution in [2.45, 2.75) is 0 Å². The highest BCUT2D eigenvalue weighted by Crippen LogP contribution is 2.08. The second kappa shape index (κ2) is 3.76. The van der Waals surface area contributed by atoms with Gasteiger partial charge in [-0.2, -0.15) is 10.4 Å². The number of nitrogens with zero attached hydrogens (tertiary/aromatic N) is 3. The summed E-state index contributed by atoms with van der Waals surface area (Å²) >= 11 is 0. The quantitative estimate of drug-likeness (QED) is 0.686. The SMILES string of the molecule is N#Cc1ccc(-n2cc(C=O)cn2)cc1. The van der Waals surface area contributed by atoms with Crippen LogP contribution < -0.4 is 0 Å². The molecule has 0 unspecified atom stereocenters. The molecule has 0 amide bonds. The van der Waals surface area contributed by atoms with Gasteiger partial charge in [-0.25, -0.2) is 4.68 Å². The Morgan fingerprint density at radius 2 is 2.07 bits per heavy atom. The Hall–Kier alpha value is -2.41. The molecule has 0 aliphatic carbocycles. The van der Waals surface area contributed by atoms with Crippen LogP contribution in [0.3, 0.4) is 0 Å². The van der Waals surface area contributed by atoms with Gasteiger partial charge in [0.1, 0.15) is 0 Å². The molecule has 0 spiro atoms. The molecule has 0 fully saturated rings. The molecule has 0 atom stereocenters. The van der Waals surface area contributed by atoms with Crippen LogP contribution in [0.1, 0.15) is 15.9 Å². The Bertz CT molecular complexity index is 520. The average Bonchev–Trinajstić information content (AvgIpc) is 2.78. The number of aromatic nitrogens is 2. The molecule has 1 heterocycles. The van der Waals surface area contributed by atoms with Crippen molar-refractivity contribution in [2.75, 3.05) is 0 Å². The molecule has 0 N–H and O–H groups in total. The summed E-state index contributed by atoms with van der Waals surface area (Å²) in [6.45, 7) is 0. The first-order chi connectivity index (χ1) is 7.33. The Balaban J connectivity index is 2.37. The molecule has 0 aliphatic heterocycles. The highest BCUT2D eigenvalue weighted by atomic mass is 16.1.